The van der Waals surface area contributed by atoms with Gasteiger partial charge < -0.3 is 0 Å². The Labute approximate surface area is 163 Å². The number of nitriles is 3. The number of nitrogens with zero attached hydrogens (tertiary/aromatic N) is 6. The fraction of sp³-hybridized carbons (Fsp3) is 0.0667. The molecule has 0 bridgehead atoms. The number of halogens is 4. The van der Waals surface area contributed by atoms with Crippen LogP contribution in [0, 0.1) is 34.0 Å². The molecular weight excluding hydrogens is 421 g/mol. The predicted molar refractivity (Wildman–Crippen MR) is 90.0 cm³/mol. The summed E-state index contributed by atoms with van der Waals surface area (Å²) in [6.07, 6.45) is -4.02. The second kappa shape index (κ2) is 7.09. The highest BCUT2D eigenvalue weighted by atomic mass is 35.5. The lowest BCUT2D eigenvalue weighted by molar-refractivity contribution is -0.137. The summed E-state index contributed by atoms with van der Waals surface area (Å²) in [5.41, 5.74) is -1.52. The van der Waals surface area contributed by atoms with Crippen LogP contribution in [0.4, 0.5) is 13.2 Å². The molecule has 0 spiro atoms. The normalized spacial score (nSPS) is 12.7. The quantitative estimate of drug-likeness (QED) is 0.622. The third kappa shape index (κ3) is 3.56. The summed E-state index contributed by atoms with van der Waals surface area (Å²) in [5, 5.41) is 27.8. The molecule has 0 radical (unpaired) electrons. The van der Waals surface area contributed by atoms with E-state index < -0.39 is 11.7 Å². The van der Waals surface area contributed by atoms with Gasteiger partial charge in [-0.25, -0.2) is 9.97 Å². The monoisotopic (exact) mass is 422 g/mol. The number of hydrogen-bond acceptors (Lipinski definition) is 8. The number of pyridine rings is 1. The van der Waals surface area contributed by atoms with E-state index in [1.807, 2.05) is 6.07 Å². The van der Waals surface area contributed by atoms with Crippen LogP contribution in [0.15, 0.2) is 26.6 Å². The number of allylic oxidation sites excluding steroid dienone is 1. The molecule has 0 aromatic carbocycles. The number of alkyl halides is 3. The molecule has 2 aromatic heterocycles. The summed E-state index contributed by atoms with van der Waals surface area (Å²) >= 11 is 7.90. The van der Waals surface area contributed by atoms with Crippen molar-refractivity contribution in [1.82, 2.24) is 15.0 Å². The van der Waals surface area contributed by atoms with Gasteiger partial charge in [-0.1, -0.05) is 35.1 Å². The number of rotatable bonds is 1. The predicted octanol–water partition coefficient (Wildman–Crippen LogP) is 4.38. The first kappa shape index (κ1) is 19.0. The standard InChI is InChI=1S/C15H2ClF3N6S2/c16-8-1-6(15(17,18)19)5-23-11(8)7(2-20)14-26-12-13(27-14)25-10(4-22)9(3-21)24-12/h1,5H. The van der Waals surface area contributed by atoms with Crippen LogP contribution in [-0.2, 0) is 6.18 Å². The number of hydrogen-bond donors (Lipinski definition) is 0. The molecule has 0 unspecified atom stereocenters. The maximum Gasteiger partial charge on any atom is 0.417 e. The molecule has 12 heteroatoms. The Kier molecular flexibility index (Phi) is 4.99. The lowest BCUT2D eigenvalue weighted by atomic mass is 10.2. The zero-order chi connectivity index (χ0) is 19.8. The highest BCUT2D eigenvalue weighted by Gasteiger charge is 2.33. The maximum atomic E-state index is 12.8. The van der Waals surface area contributed by atoms with Crippen molar-refractivity contribution < 1.29 is 13.2 Å². The molecule has 132 valence electrons. The fourth-order valence-electron chi connectivity index (χ4n) is 1.96. The van der Waals surface area contributed by atoms with Crippen LogP contribution in [0.5, 0.6) is 0 Å². The van der Waals surface area contributed by atoms with E-state index in [9.17, 15) is 18.4 Å². The third-order valence-corrected chi connectivity index (χ3v) is 5.80. The molecule has 3 heterocycles. The SMILES string of the molecule is N#CC(=C1Sc2nc(C#N)c(C#N)nc2S1)c1ncc(C(F)(F)F)cc1Cl. The van der Waals surface area contributed by atoms with Crippen molar-refractivity contribution in [2.24, 2.45) is 0 Å². The van der Waals surface area contributed by atoms with Crippen LogP contribution in [0.3, 0.4) is 0 Å². The lowest BCUT2D eigenvalue weighted by Crippen LogP contribution is -2.06. The van der Waals surface area contributed by atoms with E-state index in [0.29, 0.717) is 26.6 Å². The molecule has 0 saturated carbocycles. The first-order valence-corrected chi connectivity index (χ1v) is 8.75. The van der Waals surface area contributed by atoms with Crippen molar-refractivity contribution in [3.05, 3.63) is 44.2 Å². The van der Waals surface area contributed by atoms with Crippen molar-refractivity contribution >= 4 is 40.7 Å². The summed E-state index contributed by atoms with van der Waals surface area (Å²) in [5.74, 6) is 0. The van der Waals surface area contributed by atoms with Crippen molar-refractivity contribution in [2.45, 2.75) is 16.2 Å². The molecule has 27 heavy (non-hydrogen) atoms. The number of fused-ring (bicyclic) bond motifs is 1. The van der Waals surface area contributed by atoms with E-state index in [4.69, 9.17) is 22.1 Å². The van der Waals surface area contributed by atoms with Crippen LogP contribution in [0.2, 0.25) is 5.02 Å². The lowest BCUT2D eigenvalue weighted by Gasteiger charge is -2.09. The van der Waals surface area contributed by atoms with Gasteiger partial charge in [-0.05, 0) is 6.07 Å². The second-order valence-electron chi connectivity index (χ2n) is 4.79. The van der Waals surface area contributed by atoms with Gasteiger partial charge in [0.15, 0.2) is 11.4 Å². The Morgan fingerprint density at radius 3 is 2.00 bits per heavy atom. The van der Waals surface area contributed by atoms with Crippen LogP contribution in [0.1, 0.15) is 22.6 Å². The van der Waals surface area contributed by atoms with E-state index in [1.54, 1.807) is 12.1 Å². The molecule has 0 saturated heterocycles. The summed E-state index contributed by atoms with van der Waals surface area (Å²) < 4.78 is 38.6. The van der Waals surface area contributed by atoms with Gasteiger partial charge in [0.2, 0.25) is 0 Å². The smallest absolute Gasteiger partial charge is 0.253 e. The van der Waals surface area contributed by atoms with E-state index in [0.717, 1.165) is 23.5 Å². The first-order chi connectivity index (χ1) is 12.8. The van der Waals surface area contributed by atoms with E-state index >= 15 is 0 Å². The molecule has 0 fully saturated rings. The average molecular weight is 423 g/mol. The molecule has 0 amide bonds. The summed E-state index contributed by atoms with van der Waals surface area (Å²) in [6.45, 7) is 0. The largest absolute Gasteiger partial charge is 0.417 e. The minimum Gasteiger partial charge on any atom is -0.253 e. The fourth-order valence-corrected chi connectivity index (χ4v) is 4.50. The molecule has 2 aromatic rings. The zero-order valence-electron chi connectivity index (χ0n) is 12.7. The van der Waals surface area contributed by atoms with Crippen LogP contribution in [0.25, 0.3) is 5.57 Å². The van der Waals surface area contributed by atoms with Crippen molar-refractivity contribution in [1.29, 1.82) is 15.8 Å². The van der Waals surface area contributed by atoms with Gasteiger partial charge >= 0.3 is 6.18 Å². The van der Waals surface area contributed by atoms with Gasteiger partial charge in [0.05, 0.1) is 20.4 Å². The Hall–Kier alpha value is -2.78. The molecular formula is C15H2ClF3N6S2. The molecule has 3 rings (SSSR count). The second-order valence-corrected chi connectivity index (χ2v) is 7.45. The van der Waals surface area contributed by atoms with Crippen molar-refractivity contribution in [3.8, 4) is 18.2 Å². The zero-order valence-corrected chi connectivity index (χ0v) is 15.1. The van der Waals surface area contributed by atoms with E-state index in [2.05, 4.69) is 15.0 Å². The number of aromatic nitrogens is 3. The molecule has 0 N–H and O–H groups in total. The first-order valence-electron chi connectivity index (χ1n) is 6.74. The Morgan fingerprint density at radius 1 is 1.04 bits per heavy atom. The summed E-state index contributed by atoms with van der Waals surface area (Å²) in [7, 11) is 0. The Balaban J connectivity index is 2.07. The summed E-state index contributed by atoms with van der Waals surface area (Å²) in [4.78, 5) is 11.7. The molecule has 1 aliphatic heterocycles. The van der Waals surface area contributed by atoms with Crippen molar-refractivity contribution in [3.63, 3.8) is 0 Å². The van der Waals surface area contributed by atoms with E-state index in [-0.39, 0.29) is 27.7 Å². The Morgan fingerprint density at radius 2 is 1.59 bits per heavy atom. The van der Waals surface area contributed by atoms with Gasteiger partial charge in [0, 0.05) is 6.20 Å². The minimum absolute atomic E-state index is 0.0551. The molecule has 0 aliphatic carbocycles. The molecule has 1 aliphatic rings. The summed E-state index contributed by atoms with van der Waals surface area (Å²) in [6, 6.07) is 6.08. The van der Waals surface area contributed by atoms with Crippen molar-refractivity contribution in [2.75, 3.05) is 0 Å². The van der Waals surface area contributed by atoms with Gasteiger partial charge in [-0.3, -0.25) is 4.98 Å². The Bertz CT molecular complexity index is 1080. The number of thioether (sulfide) groups is 2. The topological polar surface area (TPSA) is 110 Å². The van der Waals surface area contributed by atoms with Gasteiger partial charge in [-0.15, -0.1) is 0 Å². The minimum atomic E-state index is -4.61. The van der Waals surface area contributed by atoms with Gasteiger partial charge in [0.25, 0.3) is 0 Å². The van der Waals surface area contributed by atoms with Crippen LogP contribution in [-0.4, -0.2) is 15.0 Å². The van der Waals surface area contributed by atoms with Gasteiger partial charge in [-0.2, -0.15) is 29.0 Å². The highest BCUT2D eigenvalue weighted by Crippen LogP contribution is 2.52. The van der Waals surface area contributed by atoms with Crippen LogP contribution < -0.4 is 0 Å². The van der Waals surface area contributed by atoms with E-state index in [1.165, 1.54) is 0 Å². The highest BCUT2D eigenvalue weighted by molar-refractivity contribution is 8.24. The molecule has 6 nitrogen and oxygen atoms in total. The van der Waals surface area contributed by atoms with Gasteiger partial charge in [0.1, 0.15) is 34.0 Å². The van der Waals surface area contributed by atoms with Crippen LogP contribution >= 0.6 is 35.1 Å². The third-order valence-electron chi connectivity index (χ3n) is 3.15. The average Bonchev–Trinajstić information content (AvgIpc) is 3.03. The molecule has 0 atom stereocenters. The maximum absolute atomic E-state index is 12.8.